The van der Waals surface area contributed by atoms with E-state index in [0.29, 0.717) is 24.5 Å². The van der Waals surface area contributed by atoms with Crippen molar-refractivity contribution in [2.75, 3.05) is 13.2 Å². The topological polar surface area (TPSA) is 109 Å². The molecule has 7 heteroatoms. The van der Waals surface area contributed by atoms with Gasteiger partial charge in [0.1, 0.15) is 24.0 Å². The second kappa shape index (κ2) is 10.2. The zero-order chi connectivity index (χ0) is 21.3. The third-order valence-electron chi connectivity index (χ3n) is 4.65. The summed E-state index contributed by atoms with van der Waals surface area (Å²) in [5.41, 5.74) is 1.66. The van der Waals surface area contributed by atoms with Gasteiger partial charge in [0.15, 0.2) is 0 Å². The van der Waals surface area contributed by atoms with Crippen molar-refractivity contribution in [2.24, 2.45) is 0 Å². The number of hydrogen-bond acceptors (Lipinski definition) is 5. The first-order valence-corrected chi connectivity index (χ1v) is 9.62. The second-order valence-electron chi connectivity index (χ2n) is 6.88. The first-order chi connectivity index (χ1) is 14.5. The van der Waals surface area contributed by atoms with Gasteiger partial charge in [0, 0.05) is 13.2 Å². The SMILES string of the molecule is N#C/C(=C\c1ccc(OCc2cccc(C(=O)O)c2)cc1)C(=O)NC[C@@H]1CCCO1. The number of carboxylic acids is 1. The molecule has 1 heterocycles. The molecule has 1 fully saturated rings. The van der Waals surface area contributed by atoms with Gasteiger partial charge in [-0.25, -0.2) is 4.79 Å². The zero-order valence-electron chi connectivity index (χ0n) is 16.3. The van der Waals surface area contributed by atoms with Crippen molar-refractivity contribution in [3.8, 4) is 11.8 Å². The lowest BCUT2D eigenvalue weighted by atomic mass is 10.1. The van der Waals surface area contributed by atoms with Gasteiger partial charge in [-0.05, 0) is 54.3 Å². The predicted molar refractivity (Wildman–Crippen MR) is 110 cm³/mol. The third kappa shape index (κ3) is 5.93. The minimum Gasteiger partial charge on any atom is -0.489 e. The highest BCUT2D eigenvalue weighted by Crippen LogP contribution is 2.17. The molecule has 30 heavy (non-hydrogen) atoms. The molecule has 2 aromatic rings. The molecule has 0 radical (unpaired) electrons. The molecule has 0 unspecified atom stereocenters. The van der Waals surface area contributed by atoms with E-state index in [9.17, 15) is 14.9 Å². The van der Waals surface area contributed by atoms with Crippen molar-refractivity contribution in [3.05, 3.63) is 70.8 Å². The van der Waals surface area contributed by atoms with Crippen LogP contribution in [0.3, 0.4) is 0 Å². The predicted octanol–water partition coefficient (Wildman–Crippen LogP) is 3.17. The highest BCUT2D eigenvalue weighted by atomic mass is 16.5. The Kier molecular flexibility index (Phi) is 7.19. The van der Waals surface area contributed by atoms with Crippen LogP contribution in [0.25, 0.3) is 6.08 Å². The number of rotatable bonds is 8. The van der Waals surface area contributed by atoms with Crippen LogP contribution in [0.5, 0.6) is 5.75 Å². The summed E-state index contributed by atoms with van der Waals surface area (Å²) < 4.78 is 11.1. The second-order valence-corrected chi connectivity index (χ2v) is 6.88. The molecular formula is C23H22N2O5. The average Bonchev–Trinajstić information content (AvgIpc) is 3.29. The molecule has 0 saturated carbocycles. The lowest BCUT2D eigenvalue weighted by molar-refractivity contribution is -0.117. The molecule has 1 aliphatic rings. The average molecular weight is 406 g/mol. The first kappa shape index (κ1) is 21.1. The summed E-state index contributed by atoms with van der Waals surface area (Å²) in [5.74, 6) is -0.818. The fourth-order valence-electron chi connectivity index (χ4n) is 3.04. The van der Waals surface area contributed by atoms with Gasteiger partial charge in [0.2, 0.25) is 0 Å². The molecule has 1 aliphatic heterocycles. The number of carbonyl (C=O) groups is 2. The van der Waals surface area contributed by atoms with Crippen molar-refractivity contribution < 1.29 is 24.2 Å². The summed E-state index contributed by atoms with van der Waals surface area (Å²) in [7, 11) is 0. The van der Waals surface area contributed by atoms with Gasteiger partial charge < -0.3 is 19.9 Å². The summed E-state index contributed by atoms with van der Waals surface area (Å²) in [4.78, 5) is 23.2. The largest absolute Gasteiger partial charge is 0.489 e. The Morgan fingerprint density at radius 2 is 2.07 bits per heavy atom. The smallest absolute Gasteiger partial charge is 0.335 e. The van der Waals surface area contributed by atoms with E-state index in [1.54, 1.807) is 42.5 Å². The first-order valence-electron chi connectivity index (χ1n) is 9.62. The Balaban J connectivity index is 1.57. The minimum absolute atomic E-state index is 0.0153. The van der Waals surface area contributed by atoms with Crippen molar-refractivity contribution in [1.82, 2.24) is 5.32 Å². The van der Waals surface area contributed by atoms with E-state index < -0.39 is 11.9 Å². The van der Waals surface area contributed by atoms with Gasteiger partial charge >= 0.3 is 5.97 Å². The molecule has 1 atom stereocenters. The number of nitrogens with one attached hydrogen (secondary N) is 1. The van der Waals surface area contributed by atoms with Gasteiger partial charge in [-0.2, -0.15) is 5.26 Å². The molecule has 154 valence electrons. The van der Waals surface area contributed by atoms with E-state index in [1.807, 2.05) is 6.07 Å². The molecule has 1 amide bonds. The standard InChI is InChI=1S/C23H22N2O5/c24-13-19(22(26)25-14-21-5-2-10-29-21)11-16-6-8-20(9-7-16)30-15-17-3-1-4-18(12-17)23(27)28/h1,3-4,6-9,11-12,21H,2,5,10,14-15H2,(H,25,26)(H,27,28)/b19-11+/t21-/m0/s1. The van der Waals surface area contributed by atoms with Gasteiger partial charge in [0.25, 0.3) is 5.91 Å². The van der Waals surface area contributed by atoms with E-state index in [4.69, 9.17) is 14.6 Å². The number of hydrogen-bond donors (Lipinski definition) is 2. The molecule has 2 N–H and O–H groups in total. The Morgan fingerprint density at radius 1 is 1.27 bits per heavy atom. The summed E-state index contributed by atoms with van der Waals surface area (Å²) in [6.07, 6.45) is 3.43. The van der Waals surface area contributed by atoms with Crippen LogP contribution in [0, 0.1) is 11.3 Å². The van der Waals surface area contributed by atoms with E-state index >= 15 is 0 Å². The van der Waals surface area contributed by atoms with Crippen LogP contribution >= 0.6 is 0 Å². The number of nitriles is 1. The number of ether oxygens (including phenoxy) is 2. The van der Waals surface area contributed by atoms with Crippen LogP contribution in [-0.4, -0.2) is 36.2 Å². The maximum absolute atomic E-state index is 12.2. The fraction of sp³-hybridized carbons (Fsp3) is 0.261. The van der Waals surface area contributed by atoms with Crippen LogP contribution in [0.4, 0.5) is 0 Å². The van der Waals surface area contributed by atoms with Crippen molar-refractivity contribution in [2.45, 2.75) is 25.6 Å². The van der Waals surface area contributed by atoms with E-state index in [1.165, 1.54) is 12.1 Å². The van der Waals surface area contributed by atoms with Crippen molar-refractivity contribution in [1.29, 1.82) is 5.26 Å². The van der Waals surface area contributed by atoms with Gasteiger partial charge in [-0.15, -0.1) is 0 Å². The Bertz CT molecular complexity index is 970. The molecule has 0 aromatic heterocycles. The molecule has 7 nitrogen and oxygen atoms in total. The van der Waals surface area contributed by atoms with Crippen LogP contribution < -0.4 is 10.1 Å². The quantitative estimate of drug-likeness (QED) is 0.515. The Morgan fingerprint density at radius 3 is 2.73 bits per heavy atom. The number of nitrogens with zero attached hydrogens (tertiary/aromatic N) is 1. The summed E-state index contributed by atoms with van der Waals surface area (Å²) in [5, 5.41) is 21.1. The molecule has 1 saturated heterocycles. The van der Waals surface area contributed by atoms with Gasteiger partial charge in [-0.1, -0.05) is 24.3 Å². The minimum atomic E-state index is -0.985. The van der Waals surface area contributed by atoms with Crippen LogP contribution in [0.1, 0.15) is 34.3 Å². The number of carbonyl (C=O) groups excluding carboxylic acids is 1. The highest BCUT2D eigenvalue weighted by Gasteiger charge is 2.17. The maximum Gasteiger partial charge on any atom is 0.335 e. The van der Waals surface area contributed by atoms with Crippen molar-refractivity contribution in [3.63, 3.8) is 0 Å². The summed E-state index contributed by atoms with van der Waals surface area (Å²) >= 11 is 0. The molecule has 0 aliphatic carbocycles. The lowest BCUT2D eigenvalue weighted by Gasteiger charge is -2.10. The monoisotopic (exact) mass is 406 g/mol. The molecule has 2 aromatic carbocycles. The number of aromatic carboxylic acids is 1. The van der Waals surface area contributed by atoms with E-state index in [2.05, 4.69) is 5.32 Å². The van der Waals surface area contributed by atoms with Gasteiger partial charge in [-0.3, -0.25) is 4.79 Å². The van der Waals surface area contributed by atoms with Crippen LogP contribution in [0.2, 0.25) is 0 Å². The summed E-state index contributed by atoms with van der Waals surface area (Å²) in [6, 6.07) is 15.4. The molecular weight excluding hydrogens is 384 g/mol. The maximum atomic E-state index is 12.2. The number of carboxylic acid groups (broad SMARTS) is 1. The van der Waals surface area contributed by atoms with Crippen LogP contribution in [0.15, 0.2) is 54.1 Å². The van der Waals surface area contributed by atoms with Crippen LogP contribution in [-0.2, 0) is 16.1 Å². The molecule has 0 spiro atoms. The van der Waals surface area contributed by atoms with Crippen molar-refractivity contribution >= 4 is 18.0 Å². The Labute approximate surface area is 174 Å². The number of amides is 1. The summed E-state index contributed by atoms with van der Waals surface area (Å²) in [6.45, 7) is 1.33. The van der Waals surface area contributed by atoms with E-state index in [-0.39, 0.29) is 23.8 Å². The normalized spacial score (nSPS) is 16.0. The third-order valence-corrected chi connectivity index (χ3v) is 4.65. The molecule has 3 rings (SSSR count). The Hall–Kier alpha value is -3.63. The lowest BCUT2D eigenvalue weighted by Crippen LogP contribution is -2.32. The zero-order valence-corrected chi connectivity index (χ0v) is 16.3. The molecule has 0 bridgehead atoms. The van der Waals surface area contributed by atoms with Gasteiger partial charge in [0.05, 0.1) is 11.7 Å². The van der Waals surface area contributed by atoms with E-state index in [0.717, 1.165) is 18.4 Å². The number of benzene rings is 2. The fourth-order valence-corrected chi connectivity index (χ4v) is 3.04. The highest BCUT2D eigenvalue weighted by molar-refractivity contribution is 6.01.